The number of aliphatic hydroxyl groups is 1. The van der Waals surface area contributed by atoms with E-state index in [-0.39, 0.29) is 11.1 Å². The third-order valence-electron chi connectivity index (χ3n) is 4.17. The lowest BCUT2D eigenvalue weighted by atomic mass is 9.69. The molecule has 1 aromatic rings. The monoisotopic (exact) mass is 307 g/mol. The van der Waals surface area contributed by atoms with E-state index in [0.717, 1.165) is 18.9 Å². The highest BCUT2D eigenvalue weighted by atomic mass is 35.5. The molecule has 3 unspecified atom stereocenters. The highest BCUT2D eigenvalue weighted by molar-refractivity contribution is 6.30. The summed E-state index contributed by atoms with van der Waals surface area (Å²) < 4.78 is 37.8. The van der Waals surface area contributed by atoms with Gasteiger partial charge in [-0.15, -0.1) is 0 Å². The fraction of sp³-hybridized carbons (Fsp3) is 0.643. The van der Waals surface area contributed by atoms with Gasteiger partial charge in [-0.1, -0.05) is 37.9 Å². The van der Waals surface area contributed by atoms with Crippen LogP contribution in [0.5, 0.6) is 0 Å². The summed E-state index contributed by atoms with van der Waals surface area (Å²) in [7, 11) is 0. The molecule has 20 heavy (non-hydrogen) atoms. The molecule has 1 aromatic heterocycles. The van der Waals surface area contributed by atoms with E-state index < -0.39 is 17.5 Å². The predicted octanol–water partition coefficient (Wildman–Crippen LogP) is 4.40. The maximum atomic E-state index is 12.6. The van der Waals surface area contributed by atoms with Gasteiger partial charge in [-0.05, 0) is 30.7 Å². The van der Waals surface area contributed by atoms with Crippen LogP contribution in [0.2, 0.25) is 5.15 Å². The molecule has 0 saturated heterocycles. The maximum absolute atomic E-state index is 12.6. The lowest BCUT2D eigenvalue weighted by molar-refractivity contribution is -0.141. The van der Waals surface area contributed by atoms with Crippen molar-refractivity contribution in [1.29, 1.82) is 0 Å². The van der Waals surface area contributed by atoms with Crippen LogP contribution in [0.15, 0.2) is 12.1 Å². The zero-order valence-corrected chi connectivity index (χ0v) is 12.1. The first-order valence-electron chi connectivity index (χ1n) is 6.61. The Kier molecular flexibility index (Phi) is 4.04. The van der Waals surface area contributed by atoms with Gasteiger partial charge in [0.2, 0.25) is 0 Å². The Labute approximate surface area is 121 Å². The van der Waals surface area contributed by atoms with E-state index in [4.69, 9.17) is 11.6 Å². The number of pyridine rings is 1. The first kappa shape index (κ1) is 15.6. The second-order valence-corrected chi connectivity index (χ2v) is 6.10. The first-order chi connectivity index (χ1) is 9.14. The van der Waals surface area contributed by atoms with Crippen LogP contribution in [0.4, 0.5) is 13.2 Å². The zero-order chi connectivity index (χ0) is 15.1. The molecule has 0 spiro atoms. The number of halogens is 4. The average molecular weight is 308 g/mol. The number of alkyl halides is 3. The maximum Gasteiger partial charge on any atom is 0.433 e. The first-order valence-corrected chi connectivity index (χ1v) is 6.99. The van der Waals surface area contributed by atoms with Gasteiger partial charge >= 0.3 is 6.18 Å². The largest absolute Gasteiger partial charge is 0.433 e. The van der Waals surface area contributed by atoms with Gasteiger partial charge in [0.05, 0.1) is 5.60 Å². The minimum Gasteiger partial charge on any atom is -0.385 e. The highest BCUT2D eigenvalue weighted by Gasteiger charge is 2.43. The summed E-state index contributed by atoms with van der Waals surface area (Å²) in [5.74, 6) is 0.240. The number of rotatable bonds is 1. The molecule has 1 aliphatic carbocycles. The standard InChI is InChI=1S/C14H17ClF3NO/c1-8-3-4-9(2)13(20,7-8)10-5-6-11(14(16,17)18)19-12(10)15/h5-6,8-9,20H,3-4,7H2,1-2H3. The second-order valence-electron chi connectivity index (χ2n) is 5.74. The van der Waals surface area contributed by atoms with Gasteiger partial charge in [0, 0.05) is 5.56 Å². The Morgan fingerprint density at radius 3 is 2.50 bits per heavy atom. The van der Waals surface area contributed by atoms with Crippen molar-refractivity contribution in [3.05, 3.63) is 28.5 Å². The van der Waals surface area contributed by atoms with Gasteiger partial charge in [0.15, 0.2) is 0 Å². The molecule has 2 nitrogen and oxygen atoms in total. The van der Waals surface area contributed by atoms with Crippen LogP contribution in [0, 0.1) is 11.8 Å². The van der Waals surface area contributed by atoms with E-state index in [1.54, 1.807) is 0 Å². The Bertz CT molecular complexity index is 506. The van der Waals surface area contributed by atoms with Crippen molar-refractivity contribution in [2.45, 2.75) is 44.9 Å². The lowest BCUT2D eigenvalue weighted by Crippen LogP contribution is -2.39. The fourth-order valence-corrected chi connectivity index (χ4v) is 3.22. The normalized spacial score (nSPS) is 31.4. The Morgan fingerprint density at radius 2 is 1.95 bits per heavy atom. The van der Waals surface area contributed by atoms with E-state index in [1.807, 2.05) is 13.8 Å². The summed E-state index contributed by atoms with van der Waals surface area (Å²) in [6, 6.07) is 2.14. The summed E-state index contributed by atoms with van der Waals surface area (Å²) in [4.78, 5) is 3.40. The van der Waals surface area contributed by atoms with Crippen molar-refractivity contribution in [2.24, 2.45) is 11.8 Å². The molecule has 1 aliphatic rings. The number of aromatic nitrogens is 1. The van der Waals surface area contributed by atoms with Crippen molar-refractivity contribution >= 4 is 11.6 Å². The van der Waals surface area contributed by atoms with Gasteiger partial charge < -0.3 is 5.11 Å². The van der Waals surface area contributed by atoms with Crippen molar-refractivity contribution in [2.75, 3.05) is 0 Å². The van der Waals surface area contributed by atoms with Crippen LogP contribution in [0.3, 0.4) is 0 Å². The molecule has 1 saturated carbocycles. The smallest absolute Gasteiger partial charge is 0.385 e. The van der Waals surface area contributed by atoms with Crippen molar-refractivity contribution in [3.8, 4) is 0 Å². The molecule has 1 N–H and O–H groups in total. The van der Waals surface area contributed by atoms with Crippen molar-refractivity contribution < 1.29 is 18.3 Å². The molecular weight excluding hydrogens is 291 g/mol. The highest BCUT2D eigenvalue weighted by Crippen LogP contribution is 2.46. The molecule has 0 amide bonds. The zero-order valence-electron chi connectivity index (χ0n) is 11.3. The minimum atomic E-state index is -4.53. The van der Waals surface area contributed by atoms with Gasteiger partial charge in [0.1, 0.15) is 10.8 Å². The molecule has 0 radical (unpaired) electrons. The molecule has 0 aromatic carbocycles. The molecule has 1 heterocycles. The van der Waals surface area contributed by atoms with E-state index in [1.165, 1.54) is 6.07 Å². The summed E-state index contributed by atoms with van der Waals surface area (Å²) in [5, 5.41) is 10.6. The number of hydrogen-bond acceptors (Lipinski definition) is 2. The third-order valence-corrected chi connectivity index (χ3v) is 4.46. The molecule has 1 fully saturated rings. The van der Waals surface area contributed by atoms with Crippen LogP contribution in [0.25, 0.3) is 0 Å². The van der Waals surface area contributed by atoms with Crippen LogP contribution < -0.4 is 0 Å². The van der Waals surface area contributed by atoms with Gasteiger partial charge in [-0.25, -0.2) is 4.98 Å². The van der Waals surface area contributed by atoms with Crippen molar-refractivity contribution in [1.82, 2.24) is 4.98 Å². The lowest BCUT2D eigenvalue weighted by Gasteiger charge is -2.41. The van der Waals surface area contributed by atoms with Crippen LogP contribution in [0.1, 0.15) is 44.4 Å². The quantitative estimate of drug-likeness (QED) is 0.780. The Hall–Kier alpha value is -0.810. The number of nitrogens with zero attached hydrogens (tertiary/aromatic N) is 1. The predicted molar refractivity (Wildman–Crippen MR) is 70.3 cm³/mol. The topological polar surface area (TPSA) is 33.1 Å². The summed E-state index contributed by atoms with van der Waals surface area (Å²) in [5.41, 5.74) is -1.94. The molecule has 2 rings (SSSR count). The van der Waals surface area contributed by atoms with Gasteiger partial charge in [-0.3, -0.25) is 0 Å². The SMILES string of the molecule is CC1CCC(C)C(O)(c2ccc(C(F)(F)F)nc2Cl)C1. The van der Waals surface area contributed by atoms with Crippen LogP contribution in [-0.4, -0.2) is 10.1 Å². The summed E-state index contributed by atoms with van der Waals surface area (Å²) in [6.07, 6.45) is -2.23. The van der Waals surface area contributed by atoms with E-state index in [2.05, 4.69) is 4.98 Å². The van der Waals surface area contributed by atoms with Crippen LogP contribution >= 0.6 is 11.6 Å². The molecule has 0 bridgehead atoms. The Morgan fingerprint density at radius 1 is 1.30 bits per heavy atom. The second kappa shape index (κ2) is 5.19. The summed E-state index contributed by atoms with van der Waals surface area (Å²) >= 11 is 5.90. The van der Waals surface area contributed by atoms with Gasteiger partial charge in [-0.2, -0.15) is 13.2 Å². The van der Waals surface area contributed by atoms with Crippen molar-refractivity contribution in [3.63, 3.8) is 0 Å². The van der Waals surface area contributed by atoms with E-state index in [9.17, 15) is 18.3 Å². The molecule has 6 heteroatoms. The fourth-order valence-electron chi connectivity index (χ4n) is 2.90. The summed E-state index contributed by atoms with van der Waals surface area (Å²) in [6.45, 7) is 3.90. The minimum absolute atomic E-state index is 0.0604. The van der Waals surface area contributed by atoms with Crippen LogP contribution in [-0.2, 0) is 11.8 Å². The molecule has 112 valence electrons. The number of hydrogen-bond donors (Lipinski definition) is 1. The molecule has 3 atom stereocenters. The molecular formula is C14H17ClF3NO. The van der Waals surface area contributed by atoms with E-state index >= 15 is 0 Å². The van der Waals surface area contributed by atoms with Gasteiger partial charge in [0.25, 0.3) is 0 Å². The van der Waals surface area contributed by atoms with E-state index in [0.29, 0.717) is 17.9 Å². The third kappa shape index (κ3) is 2.79. The average Bonchev–Trinajstić information content (AvgIpc) is 2.33. The Balaban J connectivity index is 2.42. The molecule has 0 aliphatic heterocycles.